The minimum Gasteiger partial charge on any atom is -0.355 e. The molecule has 0 unspecified atom stereocenters. The SMILES string of the molecule is Cc1noc(-c2c[nH]c3ncccc23)c1-c1cccc(Cl)c1Cl. The van der Waals surface area contributed by atoms with Gasteiger partial charge in [-0.2, -0.15) is 0 Å². The number of pyridine rings is 1. The smallest absolute Gasteiger partial charge is 0.177 e. The Hall–Kier alpha value is -2.30. The number of hydrogen-bond acceptors (Lipinski definition) is 3. The highest BCUT2D eigenvalue weighted by Gasteiger charge is 2.22. The Kier molecular flexibility index (Phi) is 3.36. The number of hydrogen-bond donors (Lipinski definition) is 1. The van der Waals surface area contributed by atoms with E-state index in [-0.39, 0.29) is 0 Å². The van der Waals surface area contributed by atoms with Gasteiger partial charge in [0.25, 0.3) is 0 Å². The Labute approximate surface area is 142 Å². The summed E-state index contributed by atoms with van der Waals surface area (Å²) in [5, 5.41) is 6.06. The third-order valence-corrected chi connectivity index (χ3v) is 4.60. The van der Waals surface area contributed by atoms with E-state index in [1.165, 1.54) is 0 Å². The highest BCUT2D eigenvalue weighted by Crippen LogP contribution is 2.42. The summed E-state index contributed by atoms with van der Waals surface area (Å²) in [7, 11) is 0. The molecule has 4 nitrogen and oxygen atoms in total. The molecular weight excluding hydrogens is 333 g/mol. The molecule has 1 aromatic carbocycles. The van der Waals surface area contributed by atoms with E-state index >= 15 is 0 Å². The van der Waals surface area contributed by atoms with Crippen LogP contribution in [-0.2, 0) is 0 Å². The lowest BCUT2D eigenvalue weighted by Gasteiger charge is -2.06. The Morgan fingerprint density at radius 2 is 1.96 bits per heavy atom. The number of aromatic amines is 1. The van der Waals surface area contributed by atoms with Gasteiger partial charge in [-0.1, -0.05) is 40.5 Å². The monoisotopic (exact) mass is 343 g/mol. The molecule has 0 aliphatic heterocycles. The molecule has 0 fully saturated rings. The molecular formula is C17H11Cl2N3O. The molecule has 0 atom stereocenters. The third-order valence-electron chi connectivity index (χ3n) is 3.78. The third kappa shape index (κ3) is 2.22. The van der Waals surface area contributed by atoms with E-state index in [1.807, 2.05) is 37.4 Å². The van der Waals surface area contributed by atoms with Gasteiger partial charge in [0.15, 0.2) is 5.76 Å². The van der Waals surface area contributed by atoms with E-state index in [1.54, 1.807) is 12.3 Å². The maximum absolute atomic E-state index is 6.39. The second-order valence-electron chi connectivity index (χ2n) is 5.18. The van der Waals surface area contributed by atoms with E-state index in [9.17, 15) is 0 Å². The van der Waals surface area contributed by atoms with Crippen molar-refractivity contribution in [3.8, 4) is 22.5 Å². The number of aromatic nitrogens is 3. The molecule has 4 aromatic rings. The average Bonchev–Trinajstić information content (AvgIpc) is 3.14. The highest BCUT2D eigenvalue weighted by molar-refractivity contribution is 6.43. The lowest BCUT2D eigenvalue weighted by atomic mass is 10.00. The first-order chi connectivity index (χ1) is 11.2. The predicted octanol–water partition coefficient (Wildman–Crippen LogP) is 5.50. The van der Waals surface area contributed by atoms with Crippen LogP contribution in [0.3, 0.4) is 0 Å². The molecule has 23 heavy (non-hydrogen) atoms. The zero-order valence-corrected chi connectivity index (χ0v) is 13.6. The van der Waals surface area contributed by atoms with E-state index in [2.05, 4.69) is 15.1 Å². The number of rotatable bonds is 2. The van der Waals surface area contributed by atoms with Gasteiger partial charge in [0.2, 0.25) is 0 Å². The summed E-state index contributed by atoms with van der Waals surface area (Å²) in [5.74, 6) is 0.644. The number of nitrogens with zero attached hydrogens (tertiary/aromatic N) is 2. The van der Waals surface area contributed by atoms with Crippen molar-refractivity contribution >= 4 is 34.2 Å². The van der Waals surface area contributed by atoms with Crippen LogP contribution in [0.25, 0.3) is 33.5 Å². The molecule has 1 N–H and O–H groups in total. The summed E-state index contributed by atoms with van der Waals surface area (Å²) < 4.78 is 5.60. The maximum Gasteiger partial charge on any atom is 0.177 e. The van der Waals surface area contributed by atoms with Crippen molar-refractivity contribution in [1.29, 1.82) is 0 Å². The predicted molar refractivity (Wildman–Crippen MR) is 91.8 cm³/mol. The highest BCUT2D eigenvalue weighted by atomic mass is 35.5. The van der Waals surface area contributed by atoms with E-state index in [0.717, 1.165) is 33.4 Å². The molecule has 3 aromatic heterocycles. The van der Waals surface area contributed by atoms with Gasteiger partial charge in [0.1, 0.15) is 5.65 Å². The van der Waals surface area contributed by atoms with Crippen molar-refractivity contribution in [3.63, 3.8) is 0 Å². The largest absolute Gasteiger partial charge is 0.355 e. The van der Waals surface area contributed by atoms with Gasteiger partial charge in [-0.25, -0.2) is 4.98 Å². The first-order valence-electron chi connectivity index (χ1n) is 7.00. The number of H-pyrrole nitrogens is 1. The molecule has 0 radical (unpaired) electrons. The van der Waals surface area contributed by atoms with Crippen LogP contribution in [-0.4, -0.2) is 15.1 Å². The first kappa shape index (κ1) is 14.3. The molecule has 0 aliphatic carbocycles. The molecule has 4 rings (SSSR count). The normalized spacial score (nSPS) is 11.3. The summed E-state index contributed by atoms with van der Waals surface area (Å²) in [6.07, 6.45) is 3.60. The van der Waals surface area contributed by atoms with Crippen molar-refractivity contribution in [1.82, 2.24) is 15.1 Å². The van der Waals surface area contributed by atoms with Crippen LogP contribution in [0.4, 0.5) is 0 Å². The number of halogens is 2. The Morgan fingerprint density at radius 3 is 2.83 bits per heavy atom. The van der Waals surface area contributed by atoms with Crippen LogP contribution >= 0.6 is 23.2 Å². The molecule has 114 valence electrons. The zero-order chi connectivity index (χ0) is 16.0. The molecule has 0 saturated carbocycles. The Balaban J connectivity index is 2.01. The van der Waals surface area contributed by atoms with Gasteiger partial charge >= 0.3 is 0 Å². The minimum atomic E-state index is 0.486. The lowest BCUT2D eigenvalue weighted by molar-refractivity contribution is 0.427. The van der Waals surface area contributed by atoms with Crippen LogP contribution in [0.15, 0.2) is 47.2 Å². The Morgan fingerprint density at radius 1 is 1.09 bits per heavy atom. The van der Waals surface area contributed by atoms with Crippen molar-refractivity contribution in [2.45, 2.75) is 6.92 Å². The van der Waals surface area contributed by atoms with Gasteiger partial charge in [-0.3, -0.25) is 0 Å². The van der Waals surface area contributed by atoms with Crippen LogP contribution in [0.2, 0.25) is 10.0 Å². The average molecular weight is 344 g/mol. The summed E-state index contributed by atoms with van der Waals surface area (Å²) >= 11 is 12.5. The molecule has 0 amide bonds. The van der Waals surface area contributed by atoms with Gasteiger partial charge in [0.05, 0.1) is 21.3 Å². The maximum atomic E-state index is 6.39. The van der Waals surface area contributed by atoms with Crippen molar-refractivity contribution in [3.05, 3.63) is 58.5 Å². The van der Waals surface area contributed by atoms with E-state index in [0.29, 0.717) is 15.8 Å². The van der Waals surface area contributed by atoms with Crippen LogP contribution in [0.5, 0.6) is 0 Å². The second kappa shape index (κ2) is 5.41. The van der Waals surface area contributed by atoms with Gasteiger partial charge in [0, 0.05) is 28.9 Å². The fourth-order valence-electron chi connectivity index (χ4n) is 2.71. The summed E-state index contributed by atoms with van der Waals surface area (Å²) in [6, 6.07) is 9.39. The molecule has 3 heterocycles. The number of nitrogens with one attached hydrogen (secondary N) is 1. The van der Waals surface area contributed by atoms with Crippen LogP contribution < -0.4 is 0 Å². The lowest BCUT2D eigenvalue weighted by Crippen LogP contribution is -1.85. The van der Waals surface area contributed by atoms with Gasteiger partial charge < -0.3 is 9.51 Å². The molecule has 0 spiro atoms. The first-order valence-corrected chi connectivity index (χ1v) is 7.75. The summed E-state index contributed by atoms with van der Waals surface area (Å²) in [6.45, 7) is 1.88. The number of fused-ring (bicyclic) bond motifs is 1. The Bertz CT molecular complexity index is 1020. The van der Waals surface area contributed by atoms with Crippen LogP contribution in [0.1, 0.15) is 5.69 Å². The van der Waals surface area contributed by atoms with E-state index in [4.69, 9.17) is 27.7 Å². The second-order valence-corrected chi connectivity index (χ2v) is 5.96. The molecule has 0 bridgehead atoms. The van der Waals surface area contributed by atoms with E-state index < -0.39 is 0 Å². The fourth-order valence-corrected chi connectivity index (χ4v) is 3.11. The van der Waals surface area contributed by atoms with Gasteiger partial charge in [-0.05, 0) is 25.1 Å². The van der Waals surface area contributed by atoms with Crippen molar-refractivity contribution in [2.75, 3.05) is 0 Å². The van der Waals surface area contributed by atoms with Gasteiger partial charge in [-0.15, -0.1) is 0 Å². The zero-order valence-electron chi connectivity index (χ0n) is 12.1. The minimum absolute atomic E-state index is 0.486. The standard InChI is InChI=1S/C17H11Cl2N3O/c1-9-14(11-4-2-6-13(18)15(11)19)16(23-22-9)12-8-21-17-10(12)5-3-7-20-17/h2-8H,1H3,(H,20,21). The quantitative estimate of drug-likeness (QED) is 0.522. The fraction of sp³-hybridized carbons (Fsp3) is 0.0588. The van der Waals surface area contributed by atoms with Crippen molar-refractivity contribution < 1.29 is 4.52 Å². The molecule has 6 heteroatoms. The summed E-state index contributed by atoms with van der Waals surface area (Å²) in [4.78, 5) is 7.45. The molecule has 0 saturated heterocycles. The van der Waals surface area contributed by atoms with Crippen LogP contribution in [0, 0.1) is 6.92 Å². The number of benzene rings is 1. The number of aryl methyl sites for hydroxylation is 1. The summed E-state index contributed by atoms with van der Waals surface area (Å²) in [5.41, 5.74) is 4.07. The topological polar surface area (TPSA) is 54.7 Å². The van der Waals surface area contributed by atoms with Crippen molar-refractivity contribution in [2.24, 2.45) is 0 Å². The molecule has 0 aliphatic rings.